The maximum Gasteiger partial charge on any atom is 0.274 e. The van der Waals surface area contributed by atoms with Gasteiger partial charge < -0.3 is 9.47 Å². The average Bonchev–Trinajstić information content (AvgIpc) is 3.33. The predicted octanol–water partition coefficient (Wildman–Crippen LogP) is 4.64. The molecular weight excluding hydrogens is 416 g/mol. The van der Waals surface area contributed by atoms with Crippen LogP contribution in [0.3, 0.4) is 0 Å². The van der Waals surface area contributed by atoms with Crippen LogP contribution in [0.5, 0.6) is 11.5 Å². The molecule has 164 valence electrons. The monoisotopic (exact) mass is 438 g/mol. The highest BCUT2D eigenvalue weighted by Gasteiger charge is 2.34. The fourth-order valence-corrected chi connectivity index (χ4v) is 4.06. The molecule has 0 bridgehead atoms. The first-order chi connectivity index (χ1) is 16.2. The Hall–Kier alpha value is -4.26. The second-order valence-corrected chi connectivity index (χ2v) is 7.65. The van der Waals surface area contributed by atoms with Crippen molar-refractivity contribution in [3.8, 4) is 11.5 Å². The molecule has 0 fully saturated rings. The van der Waals surface area contributed by atoms with Crippen molar-refractivity contribution in [2.24, 2.45) is 5.10 Å². The molecule has 1 aliphatic rings. The summed E-state index contributed by atoms with van der Waals surface area (Å²) in [7, 11) is 3.23. The van der Waals surface area contributed by atoms with Gasteiger partial charge in [0.1, 0.15) is 11.5 Å². The van der Waals surface area contributed by atoms with E-state index < -0.39 is 0 Å². The van der Waals surface area contributed by atoms with Crippen molar-refractivity contribution in [2.45, 2.75) is 12.5 Å². The van der Waals surface area contributed by atoms with Crippen LogP contribution in [0, 0.1) is 0 Å². The number of methoxy groups -OCH3 is 2. The molecule has 1 unspecified atom stereocenters. The normalized spacial score (nSPS) is 15.4. The topological polar surface area (TPSA) is 76.9 Å². The molecule has 0 radical (unpaired) electrons. The minimum Gasteiger partial charge on any atom is -0.497 e. The van der Waals surface area contributed by atoms with Crippen molar-refractivity contribution < 1.29 is 14.3 Å². The third-order valence-electron chi connectivity index (χ3n) is 5.75. The number of carbonyl (C=O) groups is 1. The molecule has 0 spiro atoms. The lowest BCUT2D eigenvalue weighted by Gasteiger charge is -2.22. The molecule has 0 aliphatic carbocycles. The van der Waals surface area contributed by atoms with Crippen molar-refractivity contribution >= 4 is 22.7 Å². The minimum absolute atomic E-state index is 0.188. The molecule has 0 saturated heterocycles. The quantitative estimate of drug-likeness (QED) is 0.454. The zero-order valence-electron chi connectivity index (χ0n) is 18.3. The Bertz CT molecular complexity index is 1350. The highest BCUT2D eigenvalue weighted by Crippen LogP contribution is 2.36. The van der Waals surface area contributed by atoms with Gasteiger partial charge in [-0.15, -0.1) is 0 Å². The van der Waals surface area contributed by atoms with Gasteiger partial charge in [0.2, 0.25) is 0 Å². The third-order valence-corrected chi connectivity index (χ3v) is 5.75. The van der Waals surface area contributed by atoms with Crippen LogP contribution in [-0.4, -0.2) is 40.8 Å². The summed E-state index contributed by atoms with van der Waals surface area (Å²) in [6.45, 7) is 0. The average molecular weight is 438 g/mol. The van der Waals surface area contributed by atoms with E-state index in [1.54, 1.807) is 55.9 Å². The number of fused-ring (bicyclic) bond motifs is 1. The molecule has 7 heteroatoms. The van der Waals surface area contributed by atoms with Crippen LogP contribution in [0.25, 0.3) is 11.0 Å². The lowest BCUT2D eigenvalue weighted by Crippen LogP contribution is -2.27. The molecule has 33 heavy (non-hydrogen) atoms. The molecular formula is C26H22N4O3. The summed E-state index contributed by atoms with van der Waals surface area (Å²) >= 11 is 0. The van der Waals surface area contributed by atoms with Gasteiger partial charge in [0.05, 0.1) is 37.0 Å². The molecule has 3 aromatic carbocycles. The van der Waals surface area contributed by atoms with Gasteiger partial charge in [0, 0.05) is 29.9 Å². The smallest absolute Gasteiger partial charge is 0.274 e. The number of aromatic nitrogens is 2. The predicted molar refractivity (Wildman–Crippen MR) is 126 cm³/mol. The van der Waals surface area contributed by atoms with Crippen LogP contribution in [0.4, 0.5) is 0 Å². The summed E-state index contributed by atoms with van der Waals surface area (Å²) in [6, 6.07) is 20.4. The van der Waals surface area contributed by atoms with Crippen molar-refractivity contribution in [3.05, 3.63) is 95.8 Å². The SMILES string of the molecule is COc1ccc(C(=O)N2N=C(c3ccccc3OC)CC2c2ccc3nccnc3c2)cc1. The zero-order chi connectivity index (χ0) is 22.8. The Morgan fingerprint density at radius 2 is 1.67 bits per heavy atom. The van der Waals surface area contributed by atoms with Crippen molar-refractivity contribution in [1.29, 1.82) is 0 Å². The molecule has 2 heterocycles. The Labute approximate surface area is 191 Å². The highest BCUT2D eigenvalue weighted by molar-refractivity contribution is 6.06. The van der Waals surface area contributed by atoms with E-state index >= 15 is 0 Å². The summed E-state index contributed by atoms with van der Waals surface area (Å²) in [5.74, 6) is 1.22. The molecule has 0 saturated carbocycles. The van der Waals surface area contributed by atoms with Crippen LogP contribution < -0.4 is 9.47 Å². The lowest BCUT2D eigenvalue weighted by molar-refractivity contribution is 0.0711. The van der Waals surface area contributed by atoms with E-state index in [0.29, 0.717) is 17.7 Å². The number of amides is 1. The van der Waals surface area contributed by atoms with E-state index in [0.717, 1.165) is 33.6 Å². The van der Waals surface area contributed by atoms with E-state index in [2.05, 4.69) is 9.97 Å². The molecule has 7 nitrogen and oxygen atoms in total. The Kier molecular flexibility index (Phi) is 5.44. The molecule has 5 rings (SSSR count). The van der Waals surface area contributed by atoms with E-state index in [9.17, 15) is 4.79 Å². The largest absolute Gasteiger partial charge is 0.497 e. The minimum atomic E-state index is -0.286. The van der Waals surface area contributed by atoms with Gasteiger partial charge in [-0.05, 0) is 54.1 Å². The number of ether oxygens (including phenoxy) is 2. The fraction of sp³-hybridized carbons (Fsp3) is 0.154. The van der Waals surface area contributed by atoms with Gasteiger partial charge in [-0.2, -0.15) is 5.10 Å². The van der Waals surface area contributed by atoms with Crippen LogP contribution in [0.1, 0.15) is 33.9 Å². The first-order valence-electron chi connectivity index (χ1n) is 10.6. The Balaban J connectivity index is 1.57. The summed E-state index contributed by atoms with van der Waals surface area (Å²) in [5, 5.41) is 6.33. The number of benzene rings is 3. The molecule has 0 N–H and O–H groups in total. The molecule has 4 aromatic rings. The lowest BCUT2D eigenvalue weighted by atomic mass is 9.97. The van der Waals surface area contributed by atoms with Gasteiger partial charge in [0.15, 0.2) is 0 Å². The van der Waals surface area contributed by atoms with E-state index in [1.807, 2.05) is 42.5 Å². The summed E-state index contributed by atoms with van der Waals surface area (Å²) < 4.78 is 10.8. The van der Waals surface area contributed by atoms with E-state index in [1.165, 1.54) is 0 Å². The summed E-state index contributed by atoms with van der Waals surface area (Å²) in [5.41, 5.74) is 4.72. The first-order valence-corrected chi connectivity index (χ1v) is 10.6. The van der Waals surface area contributed by atoms with Gasteiger partial charge in [-0.25, -0.2) is 5.01 Å². The van der Waals surface area contributed by atoms with Gasteiger partial charge in [0.25, 0.3) is 5.91 Å². The maximum atomic E-state index is 13.5. The van der Waals surface area contributed by atoms with Gasteiger partial charge in [-0.1, -0.05) is 18.2 Å². The Morgan fingerprint density at radius 1 is 0.909 bits per heavy atom. The van der Waals surface area contributed by atoms with Crippen LogP contribution in [0.15, 0.2) is 84.2 Å². The number of hydrogen-bond donors (Lipinski definition) is 0. The van der Waals surface area contributed by atoms with Crippen LogP contribution >= 0.6 is 0 Å². The number of hydrazone groups is 1. The summed E-state index contributed by atoms with van der Waals surface area (Å²) in [6.07, 6.45) is 3.88. The third kappa shape index (κ3) is 3.89. The zero-order valence-corrected chi connectivity index (χ0v) is 18.3. The second-order valence-electron chi connectivity index (χ2n) is 7.65. The van der Waals surface area contributed by atoms with Crippen molar-refractivity contribution in [3.63, 3.8) is 0 Å². The van der Waals surface area contributed by atoms with Gasteiger partial charge in [-0.3, -0.25) is 14.8 Å². The molecule has 1 aromatic heterocycles. The molecule has 1 aliphatic heterocycles. The standard InChI is InChI=1S/C26H22N4O3/c1-32-19-10-7-17(8-11-19)26(31)30-24(18-9-12-21-23(15-18)28-14-13-27-21)16-22(29-30)20-5-3-4-6-25(20)33-2/h3-15,24H,16H2,1-2H3. The number of hydrogen-bond acceptors (Lipinski definition) is 6. The number of rotatable bonds is 5. The van der Waals surface area contributed by atoms with E-state index in [4.69, 9.17) is 14.6 Å². The summed E-state index contributed by atoms with van der Waals surface area (Å²) in [4.78, 5) is 22.3. The van der Waals surface area contributed by atoms with Crippen molar-refractivity contribution in [1.82, 2.24) is 15.0 Å². The first kappa shape index (κ1) is 20.6. The highest BCUT2D eigenvalue weighted by atomic mass is 16.5. The van der Waals surface area contributed by atoms with Gasteiger partial charge >= 0.3 is 0 Å². The second kappa shape index (κ2) is 8.70. The fourth-order valence-electron chi connectivity index (χ4n) is 4.06. The van der Waals surface area contributed by atoms with Crippen LogP contribution in [0.2, 0.25) is 0 Å². The number of carbonyl (C=O) groups excluding carboxylic acids is 1. The molecule has 1 atom stereocenters. The Morgan fingerprint density at radius 3 is 2.42 bits per heavy atom. The van der Waals surface area contributed by atoms with E-state index in [-0.39, 0.29) is 11.9 Å². The molecule has 1 amide bonds. The van der Waals surface area contributed by atoms with Crippen molar-refractivity contribution in [2.75, 3.05) is 14.2 Å². The van der Waals surface area contributed by atoms with Crippen LogP contribution in [-0.2, 0) is 0 Å². The number of nitrogens with zero attached hydrogens (tertiary/aromatic N) is 4. The number of para-hydroxylation sites is 1. The maximum absolute atomic E-state index is 13.5.